The van der Waals surface area contributed by atoms with Gasteiger partial charge in [0.25, 0.3) is 0 Å². The fourth-order valence-corrected chi connectivity index (χ4v) is 5.15. The third-order valence-electron chi connectivity index (χ3n) is 5.06. The number of rotatable bonds is 8. The standard InChI is InChI=1S/C25H22Br2O4/c1-28-14-30-24-18(11-16-7-3-5-9-20(16)22(24)26)13-19-12-17-8-4-6-10-21(17)23(27)25(19)31-15-29-2/h3-12H,13-15H2,1-2H3. The van der Waals surface area contributed by atoms with E-state index in [1.165, 1.54) is 0 Å². The van der Waals surface area contributed by atoms with Crippen molar-refractivity contribution in [2.24, 2.45) is 0 Å². The van der Waals surface area contributed by atoms with Gasteiger partial charge in [0.15, 0.2) is 13.6 Å². The lowest BCUT2D eigenvalue weighted by atomic mass is 9.97. The number of hydrogen-bond acceptors (Lipinski definition) is 4. The fraction of sp³-hybridized carbons (Fsp3) is 0.200. The molecule has 4 aromatic rings. The molecule has 0 aliphatic rings. The Bertz CT molecular complexity index is 1130. The molecule has 0 saturated heterocycles. The first-order valence-electron chi connectivity index (χ1n) is 9.77. The Labute approximate surface area is 198 Å². The molecule has 31 heavy (non-hydrogen) atoms. The normalized spacial score (nSPS) is 11.2. The van der Waals surface area contributed by atoms with Gasteiger partial charge >= 0.3 is 0 Å². The Kier molecular flexibility index (Phi) is 7.13. The van der Waals surface area contributed by atoms with Gasteiger partial charge in [0.05, 0.1) is 8.95 Å². The van der Waals surface area contributed by atoms with Gasteiger partial charge in [0.2, 0.25) is 0 Å². The largest absolute Gasteiger partial charge is 0.466 e. The average molecular weight is 546 g/mol. The summed E-state index contributed by atoms with van der Waals surface area (Å²) in [6.07, 6.45) is 0.616. The molecule has 0 saturated carbocycles. The summed E-state index contributed by atoms with van der Waals surface area (Å²) >= 11 is 7.50. The highest BCUT2D eigenvalue weighted by atomic mass is 79.9. The van der Waals surface area contributed by atoms with Crippen molar-refractivity contribution >= 4 is 53.4 Å². The SMILES string of the molecule is COCOc1c(Cc2cc3ccccc3c(Br)c2OCOC)cc2ccccc2c1Br. The maximum Gasteiger partial charge on any atom is 0.188 e. The fourth-order valence-electron chi connectivity index (χ4n) is 3.69. The quantitative estimate of drug-likeness (QED) is 0.222. The Balaban J connectivity index is 1.88. The van der Waals surface area contributed by atoms with Crippen LogP contribution in [-0.2, 0) is 15.9 Å². The molecule has 0 aromatic heterocycles. The number of fused-ring (bicyclic) bond motifs is 2. The van der Waals surface area contributed by atoms with Crippen molar-refractivity contribution in [3.63, 3.8) is 0 Å². The van der Waals surface area contributed by atoms with Crippen molar-refractivity contribution in [1.29, 1.82) is 0 Å². The Morgan fingerprint density at radius 3 is 1.48 bits per heavy atom. The molecule has 4 rings (SSSR count). The minimum Gasteiger partial charge on any atom is -0.466 e. The van der Waals surface area contributed by atoms with Gasteiger partial charge < -0.3 is 18.9 Å². The van der Waals surface area contributed by atoms with E-state index in [1.54, 1.807) is 14.2 Å². The van der Waals surface area contributed by atoms with Crippen LogP contribution in [0.15, 0.2) is 69.6 Å². The first-order chi connectivity index (χ1) is 15.1. The molecule has 0 unspecified atom stereocenters. The lowest BCUT2D eigenvalue weighted by molar-refractivity contribution is 0.0493. The molecule has 4 aromatic carbocycles. The molecule has 160 valence electrons. The van der Waals surface area contributed by atoms with Crippen molar-refractivity contribution < 1.29 is 18.9 Å². The highest BCUT2D eigenvalue weighted by Gasteiger charge is 2.18. The van der Waals surface area contributed by atoms with E-state index in [9.17, 15) is 0 Å². The van der Waals surface area contributed by atoms with E-state index in [4.69, 9.17) is 18.9 Å². The van der Waals surface area contributed by atoms with Crippen LogP contribution in [0.1, 0.15) is 11.1 Å². The van der Waals surface area contributed by atoms with Crippen LogP contribution in [0.2, 0.25) is 0 Å². The van der Waals surface area contributed by atoms with Gasteiger partial charge in [-0.1, -0.05) is 48.5 Å². The third-order valence-corrected chi connectivity index (χ3v) is 6.63. The molecule has 0 aliphatic heterocycles. The van der Waals surface area contributed by atoms with Crippen molar-refractivity contribution in [1.82, 2.24) is 0 Å². The van der Waals surface area contributed by atoms with Crippen LogP contribution < -0.4 is 9.47 Å². The summed E-state index contributed by atoms with van der Waals surface area (Å²) in [5.41, 5.74) is 2.07. The van der Waals surface area contributed by atoms with E-state index in [-0.39, 0.29) is 13.6 Å². The van der Waals surface area contributed by atoms with Gasteiger partial charge in [-0.2, -0.15) is 0 Å². The molecule has 0 amide bonds. The van der Waals surface area contributed by atoms with Crippen molar-refractivity contribution in [3.8, 4) is 11.5 Å². The lowest BCUT2D eigenvalue weighted by Crippen LogP contribution is -2.06. The smallest absolute Gasteiger partial charge is 0.188 e. The predicted octanol–water partition coefficient (Wildman–Crippen LogP) is 7.07. The van der Waals surface area contributed by atoms with Crippen LogP contribution in [-0.4, -0.2) is 27.8 Å². The molecule has 0 fully saturated rings. The average Bonchev–Trinajstić information content (AvgIpc) is 2.79. The van der Waals surface area contributed by atoms with E-state index in [2.05, 4.69) is 68.3 Å². The zero-order valence-electron chi connectivity index (χ0n) is 17.3. The van der Waals surface area contributed by atoms with E-state index in [0.29, 0.717) is 6.42 Å². The third kappa shape index (κ3) is 4.58. The summed E-state index contributed by atoms with van der Waals surface area (Å²) in [5, 5.41) is 4.45. The number of halogens is 2. The first-order valence-corrected chi connectivity index (χ1v) is 11.4. The second kappa shape index (κ2) is 10.0. The molecule has 0 aliphatic carbocycles. The van der Waals surface area contributed by atoms with Gasteiger partial charge in [-0.05, 0) is 65.5 Å². The summed E-state index contributed by atoms with van der Waals surface area (Å²) in [7, 11) is 3.23. The van der Waals surface area contributed by atoms with Crippen LogP contribution in [0.4, 0.5) is 0 Å². The highest BCUT2D eigenvalue weighted by Crippen LogP contribution is 2.42. The van der Waals surface area contributed by atoms with E-state index in [1.807, 2.05) is 24.3 Å². The second-order valence-electron chi connectivity index (χ2n) is 7.08. The van der Waals surface area contributed by atoms with Gasteiger partial charge in [0.1, 0.15) is 11.5 Å². The Hall–Kier alpha value is -2.12. The molecular weight excluding hydrogens is 524 g/mol. The summed E-state index contributed by atoms with van der Waals surface area (Å²) < 4.78 is 24.2. The Morgan fingerprint density at radius 1 is 0.645 bits per heavy atom. The summed E-state index contributed by atoms with van der Waals surface area (Å²) in [4.78, 5) is 0. The molecule has 6 heteroatoms. The van der Waals surface area contributed by atoms with Gasteiger partial charge in [-0.15, -0.1) is 0 Å². The van der Waals surface area contributed by atoms with Crippen LogP contribution in [0, 0.1) is 0 Å². The van der Waals surface area contributed by atoms with E-state index >= 15 is 0 Å². The number of ether oxygens (including phenoxy) is 4. The monoisotopic (exact) mass is 544 g/mol. The van der Waals surface area contributed by atoms with Crippen LogP contribution in [0.3, 0.4) is 0 Å². The molecule has 0 radical (unpaired) electrons. The zero-order valence-corrected chi connectivity index (χ0v) is 20.5. The molecule has 4 nitrogen and oxygen atoms in total. The van der Waals surface area contributed by atoms with Gasteiger partial charge in [0, 0.05) is 31.8 Å². The molecule has 0 atom stereocenters. The molecule has 0 heterocycles. The number of hydrogen-bond donors (Lipinski definition) is 0. The molecule has 0 spiro atoms. The maximum atomic E-state index is 5.99. The predicted molar refractivity (Wildman–Crippen MR) is 131 cm³/mol. The van der Waals surface area contributed by atoms with Gasteiger partial charge in [-0.3, -0.25) is 0 Å². The minimum absolute atomic E-state index is 0.165. The number of benzene rings is 4. The van der Waals surface area contributed by atoms with E-state index < -0.39 is 0 Å². The summed E-state index contributed by atoms with van der Waals surface area (Å²) in [5.74, 6) is 1.53. The Morgan fingerprint density at radius 2 is 1.06 bits per heavy atom. The molecule has 0 N–H and O–H groups in total. The zero-order chi connectivity index (χ0) is 21.8. The molecule has 0 bridgehead atoms. The van der Waals surface area contributed by atoms with Gasteiger partial charge in [-0.25, -0.2) is 0 Å². The van der Waals surface area contributed by atoms with Crippen molar-refractivity contribution in [2.45, 2.75) is 6.42 Å². The van der Waals surface area contributed by atoms with Crippen molar-refractivity contribution in [3.05, 3.63) is 80.7 Å². The van der Waals surface area contributed by atoms with E-state index in [0.717, 1.165) is 53.1 Å². The minimum atomic E-state index is 0.165. The summed E-state index contributed by atoms with van der Waals surface area (Å²) in [6, 6.07) is 20.8. The number of methoxy groups -OCH3 is 2. The van der Waals surface area contributed by atoms with Crippen molar-refractivity contribution in [2.75, 3.05) is 27.8 Å². The topological polar surface area (TPSA) is 36.9 Å². The summed E-state index contributed by atoms with van der Waals surface area (Å²) in [6.45, 7) is 0.330. The molecular formula is C25H22Br2O4. The lowest BCUT2D eigenvalue weighted by Gasteiger charge is -2.19. The van der Waals surface area contributed by atoms with Crippen LogP contribution in [0.5, 0.6) is 11.5 Å². The maximum absolute atomic E-state index is 5.99. The first kappa shape index (κ1) is 22.1. The second-order valence-corrected chi connectivity index (χ2v) is 8.66. The van der Waals surface area contributed by atoms with Crippen LogP contribution >= 0.6 is 31.9 Å². The highest BCUT2D eigenvalue weighted by molar-refractivity contribution is 9.11. The van der Waals surface area contributed by atoms with Crippen LogP contribution in [0.25, 0.3) is 21.5 Å².